The third-order valence-electron chi connectivity index (χ3n) is 2.85. The van der Waals surface area contributed by atoms with E-state index in [0.29, 0.717) is 24.7 Å². The molecule has 2 rings (SSSR count). The molecular formula is C16H20O3. The summed E-state index contributed by atoms with van der Waals surface area (Å²) in [4.78, 5) is 0. The Morgan fingerprint density at radius 2 is 1.68 bits per heavy atom. The molecule has 0 aromatic heterocycles. The van der Waals surface area contributed by atoms with Crippen LogP contribution in [0.5, 0.6) is 17.2 Å². The van der Waals surface area contributed by atoms with E-state index in [1.54, 1.807) is 0 Å². The molecule has 0 fully saturated rings. The molecule has 3 heteroatoms. The molecule has 1 N–H and O–H groups in total. The average molecular weight is 260 g/mol. The molecule has 2 aromatic carbocycles. The lowest BCUT2D eigenvalue weighted by Crippen LogP contribution is -2.01. The van der Waals surface area contributed by atoms with E-state index < -0.39 is 0 Å². The van der Waals surface area contributed by atoms with Crippen molar-refractivity contribution in [3.05, 3.63) is 30.3 Å². The van der Waals surface area contributed by atoms with Crippen molar-refractivity contribution in [2.24, 2.45) is 0 Å². The van der Waals surface area contributed by atoms with E-state index >= 15 is 0 Å². The topological polar surface area (TPSA) is 38.7 Å². The summed E-state index contributed by atoms with van der Waals surface area (Å²) in [6.45, 7) is 5.26. The van der Waals surface area contributed by atoms with Gasteiger partial charge in [-0.3, -0.25) is 0 Å². The third-order valence-corrected chi connectivity index (χ3v) is 2.85. The van der Waals surface area contributed by atoms with Gasteiger partial charge in [-0.25, -0.2) is 0 Å². The van der Waals surface area contributed by atoms with E-state index in [-0.39, 0.29) is 5.75 Å². The fourth-order valence-electron chi connectivity index (χ4n) is 1.95. The molecule has 102 valence electrons. The summed E-state index contributed by atoms with van der Waals surface area (Å²) in [6.07, 6.45) is 1.81. The summed E-state index contributed by atoms with van der Waals surface area (Å²) >= 11 is 0. The Labute approximate surface area is 113 Å². The van der Waals surface area contributed by atoms with Crippen LogP contribution >= 0.6 is 0 Å². The van der Waals surface area contributed by atoms with Crippen molar-refractivity contribution >= 4 is 10.8 Å². The maximum absolute atomic E-state index is 10.4. The zero-order valence-electron chi connectivity index (χ0n) is 11.5. The minimum atomic E-state index is 0.164. The zero-order valence-corrected chi connectivity index (χ0v) is 11.5. The van der Waals surface area contributed by atoms with Gasteiger partial charge in [0.2, 0.25) is 5.75 Å². The molecule has 0 saturated heterocycles. The van der Waals surface area contributed by atoms with Gasteiger partial charge in [-0.15, -0.1) is 0 Å². The monoisotopic (exact) mass is 260 g/mol. The fourth-order valence-corrected chi connectivity index (χ4v) is 1.95. The molecule has 0 aliphatic carbocycles. The van der Waals surface area contributed by atoms with Gasteiger partial charge in [-0.2, -0.15) is 0 Å². The Morgan fingerprint density at radius 1 is 1.00 bits per heavy atom. The van der Waals surface area contributed by atoms with Crippen molar-refractivity contribution in [2.45, 2.75) is 26.7 Å². The number of phenols is 1. The van der Waals surface area contributed by atoms with E-state index in [1.807, 2.05) is 44.2 Å². The molecule has 0 atom stereocenters. The van der Waals surface area contributed by atoms with E-state index in [0.717, 1.165) is 23.6 Å². The first-order valence-corrected chi connectivity index (χ1v) is 6.78. The molecule has 0 aliphatic rings. The standard InChI is InChI=1S/C16H20O3/c1-3-9-18-14-11-12-7-5-6-8-13(12)15(17)16(14)19-10-4-2/h5-8,11,17H,3-4,9-10H2,1-2H3. The van der Waals surface area contributed by atoms with Crippen molar-refractivity contribution in [3.63, 3.8) is 0 Å². The zero-order chi connectivity index (χ0) is 13.7. The van der Waals surface area contributed by atoms with E-state index in [9.17, 15) is 5.11 Å². The Hall–Kier alpha value is -1.90. The van der Waals surface area contributed by atoms with Crippen LogP contribution in [0.2, 0.25) is 0 Å². The van der Waals surface area contributed by atoms with Gasteiger partial charge in [-0.1, -0.05) is 38.1 Å². The predicted octanol–water partition coefficient (Wildman–Crippen LogP) is 4.12. The van der Waals surface area contributed by atoms with Gasteiger partial charge in [0.05, 0.1) is 13.2 Å². The summed E-state index contributed by atoms with van der Waals surface area (Å²) < 4.78 is 11.3. The maximum atomic E-state index is 10.4. The van der Waals surface area contributed by atoms with Crippen LogP contribution in [0.15, 0.2) is 30.3 Å². The van der Waals surface area contributed by atoms with Crippen molar-refractivity contribution in [1.29, 1.82) is 0 Å². The lowest BCUT2D eigenvalue weighted by atomic mass is 10.1. The molecule has 0 radical (unpaired) electrons. The smallest absolute Gasteiger partial charge is 0.204 e. The number of hydrogen-bond acceptors (Lipinski definition) is 3. The first-order chi connectivity index (χ1) is 9.27. The van der Waals surface area contributed by atoms with Crippen LogP contribution in [0.1, 0.15) is 26.7 Å². The normalized spacial score (nSPS) is 10.6. The summed E-state index contributed by atoms with van der Waals surface area (Å²) in [6, 6.07) is 9.61. The van der Waals surface area contributed by atoms with E-state index in [4.69, 9.17) is 9.47 Å². The van der Waals surface area contributed by atoms with Gasteiger partial charge in [0.15, 0.2) is 11.5 Å². The van der Waals surface area contributed by atoms with Gasteiger partial charge in [0.1, 0.15) is 0 Å². The predicted molar refractivity (Wildman–Crippen MR) is 77.2 cm³/mol. The third kappa shape index (κ3) is 2.92. The fraction of sp³-hybridized carbons (Fsp3) is 0.375. The number of phenolic OH excluding ortho intramolecular Hbond substituents is 1. The van der Waals surface area contributed by atoms with Crippen LogP contribution in [-0.4, -0.2) is 18.3 Å². The van der Waals surface area contributed by atoms with Crippen molar-refractivity contribution in [3.8, 4) is 17.2 Å². The van der Waals surface area contributed by atoms with Gasteiger partial charge in [0, 0.05) is 5.39 Å². The highest BCUT2D eigenvalue weighted by Crippen LogP contribution is 2.42. The van der Waals surface area contributed by atoms with Crippen LogP contribution in [0.25, 0.3) is 10.8 Å². The summed E-state index contributed by atoms with van der Waals surface area (Å²) in [5, 5.41) is 12.1. The molecule has 0 unspecified atom stereocenters. The van der Waals surface area contributed by atoms with Crippen LogP contribution in [0, 0.1) is 0 Å². The molecule has 0 spiro atoms. The SMILES string of the molecule is CCCOc1cc2ccccc2c(O)c1OCCC. The van der Waals surface area contributed by atoms with E-state index in [2.05, 4.69) is 0 Å². The van der Waals surface area contributed by atoms with Gasteiger partial charge >= 0.3 is 0 Å². The van der Waals surface area contributed by atoms with Gasteiger partial charge in [-0.05, 0) is 24.3 Å². The highest BCUT2D eigenvalue weighted by molar-refractivity contribution is 5.92. The molecule has 3 nitrogen and oxygen atoms in total. The van der Waals surface area contributed by atoms with Crippen molar-refractivity contribution in [1.82, 2.24) is 0 Å². The Kier molecular flexibility index (Phi) is 4.50. The minimum Gasteiger partial charge on any atom is -0.504 e. The Balaban J connectivity index is 2.48. The molecular weight excluding hydrogens is 240 g/mol. The largest absolute Gasteiger partial charge is 0.504 e. The van der Waals surface area contributed by atoms with Crippen molar-refractivity contribution in [2.75, 3.05) is 13.2 Å². The highest BCUT2D eigenvalue weighted by atomic mass is 16.5. The molecule has 0 bridgehead atoms. The highest BCUT2D eigenvalue weighted by Gasteiger charge is 2.15. The number of fused-ring (bicyclic) bond motifs is 1. The number of hydrogen-bond donors (Lipinski definition) is 1. The number of rotatable bonds is 6. The second-order valence-electron chi connectivity index (χ2n) is 4.47. The second-order valence-corrected chi connectivity index (χ2v) is 4.47. The van der Waals surface area contributed by atoms with Gasteiger partial charge in [0.25, 0.3) is 0 Å². The van der Waals surface area contributed by atoms with E-state index in [1.165, 1.54) is 0 Å². The lowest BCUT2D eigenvalue weighted by Gasteiger charge is -2.15. The maximum Gasteiger partial charge on any atom is 0.204 e. The van der Waals surface area contributed by atoms with Crippen LogP contribution in [-0.2, 0) is 0 Å². The first kappa shape index (κ1) is 13.5. The first-order valence-electron chi connectivity index (χ1n) is 6.78. The Morgan fingerprint density at radius 3 is 2.42 bits per heavy atom. The lowest BCUT2D eigenvalue weighted by molar-refractivity contribution is 0.259. The summed E-state index contributed by atoms with van der Waals surface area (Å²) in [7, 11) is 0. The Bertz CT molecular complexity index is 549. The average Bonchev–Trinajstić information content (AvgIpc) is 2.44. The number of aromatic hydroxyl groups is 1. The summed E-state index contributed by atoms with van der Waals surface area (Å²) in [5.74, 6) is 1.23. The number of benzene rings is 2. The van der Waals surface area contributed by atoms with Crippen LogP contribution in [0.3, 0.4) is 0 Å². The minimum absolute atomic E-state index is 0.164. The molecule has 0 amide bonds. The van der Waals surface area contributed by atoms with Crippen molar-refractivity contribution < 1.29 is 14.6 Å². The second kappa shape index (κ2) is 6.32. The van der Waals surface area contributed by atoms with Crippen LogP contribution < -0.4 is 9.47 Å². The molecule has 2 aromatic rings. The quantitative estimate of drug-likeness (QED) is 0.849. The molecule has 19 heavy (non-hydrogen) atoms. The number of ether oxygens (including phenoxy) is 2. The molecule has 0 saturated carbocycles. The summed E-state index contributed by atoms with van der Waals surface area (Å²) in [5.41, 5.74) is 0. The van der Waals surface area contributed by atoms with Gasteiger partial charge < -0.3 is 14.6 Å². The van der Waals surface area contributed by atoms with Crippen LogP contribution in [0.4, 0.5) is 0 Å². The molecule has 0 aliphatic heterocycles. The molecule has 0 heterocycles.